The molecule has 0 amide bonds. The van der Waals surface area contributed by atoms with E-state index in [1.165, 1.54) is 32.1 Å². The van der Waals surface area contributed by atoms with Crippen LogP contribution in [0.3, 0.4) is 0 Å². The van der Waals surface area contributed by atoms with Crippen LogP contribution in [0.15, 0.2) is 24.3 Å². The van der Waals surface area contributed by atoms with E-state index in [9.17, 15) is 74.6 Å². The molecule has 2 fully saturated rings. The van der Waals surface area contributed by atoms with Crippen molar-refractivity contribution in [3.63, 3.8) is 0 Å². The lowest BCUT2D eigenvalue weighted by molar-refractivity contribution is -0.462. The van der Waals surface area contributed by atoms with Crippen LogP contribution in [0.4, 0.5) is 74.6 Å². The Morgan fingerprint density at radius 3 is 1.19 bits per heavy atom. The molecular formula is C31H35F17. The fourth-order valence-corrected chi connectivity index (χ4v) is 6.90. The second kappa shape index (κ2) is 13.6. The first kappa shape index (κ1) is 40.5. The Hall–Kier alpha value is -1.97. The summed E-state index contributed by atoms with van der Waals surface area (Å²) >= 11 is 0. The van der Waals surface area contributed by atoms with Crippen molar-refractivity contribution in [2.75, 3.05) is 0 Å². The van der Waals surface area contributed by atoms with Crippen molar-refractivity contribution in [2.45, 2.75) is 132 Å². The SMILES string of the molecule is CCCC1CCC(C2CCC(CCc3ccc(C(F)(F)C(F)(F)C(F)(F)C(F)(F)C(F)(F)C(F)(F)C(F)(F)C(F)(F)F)cc3)CC2)CC1. The van der Waals surface area contributed by atoms with Gasteiger partial charge in [0.05, 0.1) is 0 Å². The predicted molar refractivity (Wildman–Crippen MR) is 140 cm³/mol. The Bertz CT molecular complexity index is 1190. The quantitative estimate of drug-likeness (QED) is 0.177. The Balaban J connectivity index is 1.68. The number of aryl methyl sites for hydroxylation is 1. The molecule has 0 bridgehead atoms. The summed E-state index contributed by atoms with van der Waals surface area (Å²) in [6.45, 7) is 2.16. The topological polar surface area (TPSA) is 0 Å². The number of alkyl halides is 17. The first-order chi connectivity index (χ1) is 21.7. The van der Waals surface area contributed by atoms with E-state index in [4.69, 9.17) is 0 Å². The van der Waals surface area contributed by atoms with Gasteiger partial charge in [0.15, 0.2) is 0 Å². The summed E-state index contributed by atoms with van der Waals surface area (Å²) < 4.78 is 231. The number of halogens is 17. The molecule has 2 saturated carbocycles. The molecule has 0 aliphatic heterocycles. The van der Waals surface area contributed by atoms with Crippen molar-refractivity contribution >= 4 is 0 Å². The third kappa shape index (κ3) is 6.86. The molecule has 0 N–H and O–H groups in total. The van der Waals surface area contributed by atoms with E-state index in [-0.39, 0.29) is 30.0 Å². The van der Waals surface area contributed by atoms with Gasteiger partial charge in [-0.15, -0.1) is 0 Å². The van der Waals surface area contributed by atoms with Gasteiger partial charge in [0, 0.05) is 5.56 Å². The number of benzene rings is 1. The van der Waals surface area contributed by atoms with E-state index in [2.05, 4.69) is 6.92 Å². The minimum Gasteiger partial charge on any atom is -0.194 e. The summed E-state index contributed by atoms with van der Waals surface area (Å²) in [4.78, 5) is 0. The molecular weight excluding hydrogens is 695 g/mol. The molecule has 0 spiro atoms. The van der Waals surface area contributed by atoms with E-state index in [1.807, 2.05) is 0 Å². The van der Waals surface area contributed by atoms with Crippen molar-refractivity contribution < 1.29 is 74.6 Å². The van der Waals surface area contributed by atoms with Crippen molar-refractivity contribution in [2.24, 2.45) is 23.7 Å². The summed E-state index contributed by atoms with van der Waals surface area (Å²) in [6, 6.07) is 1.63. The maximum atomic E-state index is 14.6. The second-order valence-electron chi connectivity index (χ2n) is 13.1. The third-order valence-corrected chi connectivity index (χ3v) is 10.0. The average Bonchev–Trinajstić information content (AvgIpc) is 3.00. The van der Waals surface area contributed by atoms with Gasteiger partial charge >= 0.3 is 47.6 Å². The maximum absolute atomic E-state index is 14.6. The molecule has 0 radical (unpaired) electrons. The minimum atomic E-state index is -8.63. The lowest BCUT2D eigenvalue weighted by atomic mass is 9.68. The minimum absolute atomic E-state index is 0.0772. The molecule has 2 aliphatic rings. The van der Waals surface area contributed by atoms with E-state index in [1.54, 1.807) is 0 Å². The zero-order valence-corrected chi connectivity index (χ0v) is 25.5. The molecule has 0 heterocycles. The van der Waals surface area contributed by atoms with Crippen LogP contribution in [0.25, 0.3) is 0 Å². The molecule has 0 aromatic heterocycles. The summed E-state index contributed by atoms with van der Waals surface area (Å²) in [5, 5.41) is 0. The standard InChI is InChI=1S/C31H35F17/c1-2-3-18-6-12-21(13-7-18)22-14-8-19(9-15-22)4-5-20-10-16-23(17-11-20)24(32,33)25(34,35)26(36,37)27(38,39)28(40,41)29(42,43)30(44,45)31(46,47)48/h10-11,16-19,21-22H,2-9,12-15H2,1H3. The van der Waals surface area contributed by atoms with Crippen LogP contribution < -0.4 is 0 Å². The van der Waals surface area contributed by atoms with Crippen molar-refractivity contribution in [1.29, 1.82) is 0 Å². The fraction of sp³-hybridized carbons (Fsp3) is 0.806. The Morgan fingerprint density at radius 2 is 0.812 bits per heavy atom. The second-order valence-corrected chi connectivity index (χ2v) is 13.1. The van der Waals surface area contributed by atoms with Gasteiger partial charge in [-0.3, -0.25) is 0 Å². The van der Waals surface area contributed by atoms with Gasteiger partial charge in [0.25, 0.3) is 0 Å². The van der Waals surface area contributed by atoms with Crippen LogP contribution in [-0.2, 0) is 12.3 Å². The number of rotatable bonds is 13. The smallest absolute Gasteiger partial charge is 0.194 e. The molecule has 1 aromatic rings. The van der Waals surface area contributed by atoms with E-state index in [0.29, 0.717) is 18.3 Å². The summed E-state index contributed by atoms with van der Waals surface area (Å²) in [5.41, 5.74) is -1.96. The largest absolute Gasteiger partial charge is 0.460 e. The van der Waals surface area contributed by atoms with Crippen LogP contribution in [0.1, 0.15) is 88.7 Å². The molecule has 278 valence electrons. The normalized spacial score (nSPS) is 24.5. The number of hydrogen-bond acceptors (Lipinski definition) is 0. The fourth-order valence-electron chi connectivity index (χ4n) is 6.90. The molecule has 0 atom stereocenters. The van der Waals surface area contributed by atoms with Crippen molar-refractivity contribution in [3.8, 4) is 0 Å². The van der Waals surface area contributed by atoms with Crippen LogP contribution in [0.2, 0.25) is 0 Å². The highest BCUT2D eigenvalue weighted by atomic mass is 19.4. The first-order valence-electron chi connectivity index (χ1n) is 15.5. The highest BCUT2D eigenvalue weighted by molar-refractivity contribution is 5.30. The summed E-state index contributed by atoms with van der Waals surface area (Å²) in [7, 11) is 0. The van der Waals surface area contributed by atoms with Gasteiger partial charge in [-0.2, -0.15) is 74.6 Å². The lowest BCUT2D eigenvalue weighted by Gasteiger charge is -2.42. The molecule has 1 aromatic carbocycles. The molecule has 0 saturated heterocycles. The molecule has 17 heteroatoms. The highest BCUT2D eigenvalue weighted by Gasteiger charge is 2.95. The van der Waals surface area contributed by atoms with Crippen LogP contribution in [0.5, 0.6) is 0 Å². The first-order valence-corrected chi connectivity index (χ1v) is 15.5. The van der Waals surface area contributed by atoms with E-state index < -0.39 is 53.2 Å². The van der Waals surface area contributed by atoms with E-state index >= 15 is 0 Å². The molecule has 3 rings (SSSR count). The van der Waals surface area contributed by atoms with Gasteiger partial charge in [0.2, 0.25) is 0 Å². The zero-order valence-electron chi connectivity index (χ0n) is 25.5. The Morgan fingerprint density at radius 1 is 0.458 bits per heavy atom. The third-order valence-electron chi connectivity index (χ3n) is 10.0. The van der Waals surface area contributed by atoms with Crippen molar-refractivity contribution in [3.05, 3.63) is 35.4 Å². The monoisotopic (exact) mass is 730 g/mol. The van der Waals surface area contributed by atoms with Gasteiger partial charge in [-0.1, -0.05) is 69.7 Å². The maximum Gasteiger partial charge on any atom is 0.460 e. The van der Waals surface area contributed by atoms with Crippen LogP contribution in [0, 0.1) is 23.7 Å². The zero-order chi connectivity index (χ0) is 36.8. The molecule has 48 heavy (non-hydrogen) atoms. The lowest BCUT2D eigenvalue weighted by Crippen LogP contribution is -2.74. The Kier molecular flexibility index (Phi) is 11.5. The summed E-state index contributed by atoms with van der Waals surface area (Å²) in [6.07, 6.45) is 3.86. The van der Waals surface area contributed by atoms with Crippen LogP contribution >= 0.6 is 0 Å². The Labute approximate surface area is 265 Å². The van der Waals surface area contributed by atoms with E-state index in [0.717, 1.165) is 50.2 Å². The number of hydrogen-bond donors (Lipinski definition) is 0. The average molecular weight is 731 g/mol. The predicted octanol–water partition coefficient (Wildman–Crippen LogP) is 12.5. The van der Waals surface area contributed by atoms with Gasteiger partial charge in [0.1, 0.15) is 0 Å². The molecule has 2 aliphatic carbocycles. The van der Waals surface area contributed by atoms with Gasteiger partial charge < -0.3 is 0 Å². The highest BCUT2D eigenvalue weighted by Crippen LogP contribution is 2.65. The summed E-state index contributed by atoms with van der Waals surface area (Å²) in [5.74, 6) is -54.2. The van der Waals surface area contributed by atoms with Gasteiger partial charge in [-0.05, 0) is 67.8 Å². The van der Waals surface area contributed by atoms with Crippen LogP contribution in [-0.4, -0.2) is 41.7 Å². The molecule has 0 unspecified atom stereocenters. The van der Waals surface area contributed by atoms with Gasteiger partial charge in [-0.25, -0.2) is 0 Å². The molecule has 0 nitrogen and oxygen atoms in total. The van der Waals surface area contributed by atoms with Crippen molar-refractivity contribution in [1.82, 2.24) is 0 Å².